The fraction of sp³-hybridized carbons (Fsp3) is 0.643. The van der Waals surface area contributed by atoms with E-state index in [9.17, 15) is 4.79 Å². The van der Waals surface area contributed by atoms with Gasteiger partial charge in [0.25, 0.3) is 5.76 Å². The van der Waals surface area contributed by atoms with Gasteiger partial charge in [0, 0.05) is 0 Å². The molecule has 0 saturated carbocycles. The van der Waals surface area contributed by atoms with E-state index >= 15 is 0 Å². The lowest BCUT2D eigenvalue weighted by Gasteiger charge is -2.14. The molecule has 0 aliphatic carbocycles. The topological polar surface area (TPSA) is 57.9 Å². The van der Waals surface area contributed by atoms with Gasteiger partial charge in [-0.15, -0.1) is 0 Å². The number of ether oxygens (including phenoxy) is 3. The van der Waals surface area contributed by atoms with Crippen molar-refractivity contribution in [2.24, 2.45) is 0 Å². The molecule has 19 heavy (non-hydrogen) atoms. The standard InChI is InChI=1S/C14H22O5/c1-7-16-14(15)13-12(18-9(4)5)11(10(6)19-13)17-8(2)3/h8-9H,7H2,1-6H3. The van der Waals surface area contributed by atoms with E-state index in [1.54, 1.807) is 13.8 Å². The van der Waals surface area contributed by atoms with Gasteiger partial charge in [-0.2, -0.15) is 0 Å². The van der Waals surface area contributed by atoms with E-state index in [2.05, 4.69) is 0 Å². The Morgan fingerprint density at radius 2 is 1.63 bits per heavy atom. The maximum atomic E-state index is 11.8. The van der Waals surface area contributed by atoms with E-state index in [1.807, 2.05) is 27.7 Å². The van der Waals surface area contributed by atoms with Crippen LogP contribution in [-0.4, -0.2) is 24.8 Å². The molecule has 0 aromatic carbocycles. The van der Waals surface area contributed by atoms with Gasteiger partial charge in [0.05, 0.1) is 18.8 Å². The van der Waals surface area contributed by atoms with Crippen molar-refractivity contribution in [2.45, 2.75) is 53.8 Å². The maximum absolute atomic E-state index is 11.8. The summed E-state index contributed by atoms with van der Waals surface area (Å²) in [5.74, 6) is 0.808. The highest BCUT2D eigenvalue weighted by atomic mass is 16.6. The summed E-state index contributed by atoms with van der Waals surface area (Å²) in [5, 5.41) is 0. The summed E-state index contributed by atoms with van der Waals surface area (Å²) in [6.45, 7) is 11.3. The highest BCUT2D eigenvalue weighted by molar-refractivity contribution is 5.90. The van der Waals surface area contributed by atoms with Crippen molar-refractivity contribution in [1.29, 1.82) is 0 Å². The van der Waals surface area contributed by atoms with Crippen molar-refractivity contribution in [3.63, 3.8) is 0 Å². The van der Waals surface area contributed by atoms with E-state index < -0.39 is 5.97 Å². The minimum atomic E-state index is -0.542. The summed E-state index contributed by atoms with van der Waals surface area (Å²) in [5.41, 5.74) is 0. The molecule has 0 amide bonds. The Hall–Kier alpha value is -1.65. The van der Waals surface area contributed by atoms with E-state index in [4.69, 9.17) is 18.6 Å². The first kappa shape index (κ1) is 15.4. The van der Waals surface area contributed by atoms with E-state index in [1.165, 1.54) is 0 Å². The predicted octanol–water partition coefficient (Wildman–Crippen LogP) is 3.34. The second kappa shape index (κ2) is 6.50. The molecule has 5 nitrogen and oxygen atoms in total. The van der Waals surface area contributed by atoms with Crippen molar-refractivity contribution in [1.82, 2.24) is 0 Å². The minimum Gasteiger partial charge on any atom is -0.484 e. The second-order valence-corrected chi connectivity index (χ2v) is 4.70. The molecular weight excluding hydrogens is 248 g/mol. The summed E-state index contributed by atoms with van der Waals surface area (Å²) >= 11 is 0. The van der Waals surface area contributed by atoms with Crippen LogP contribution in [-0.2, 0) is 4.74 Å². The SMILES string of the molecule is CCOC(=O)c1oc(C)c(OC(C)C)c1OC(C)C. The van der Waals surface area contributed by atoms with Gasteiger partial charge in [0.1, 0.15) is 5.76 Å². The summed E-state index contributed by atoms with van der Waals surface area (Å²) in [6.07, 6.45) is -0.138. The molecule has 5 heteroatoms. The van der Waals surface area contributed by atoms with Crippen molar-refractivity contribution in [2.75, 3.05) is 6.61 Å². The first-order valence-corrected chi connectivity index (χ1v) is 6.50. The van der Waals surface area contributed by atoms with Crippen molar-refractivity contribution < 1.29 is 23.4 Å². The number of rotatable bonds is 6. The van der Waals surface area contributed by atoms with Crippen molar-refractivity contribution >= 4 is 5.97 Å². The Morgan fingerprint density at radius 3 is 2.11 bits per heavy atom. The first-order chi connectivity index (χ1) is 8.86. The molecule has 1 heterocycles. The monoisotopic (exact) mass is 270 g/mol. The summed E-state index contributed by atoms with van der Waals surface area (Å²) < 4.78 is 21.7. The molecule has 0 fully saturated rings. The third-order valence-corrected chi connectivity index (χ3v) is 2.16. The Morgan fingerprint density at radius 1 is 1.11 bits per heavy atom. The van der Waals surface area contributed by atoms with Gasteiger partial charge in [0.15, 0.2) is 0 Å². The smallest absolute Gasteiger partial charge is 0.378 e. The Balaban J connectivity index is 3.19. The second-order valence-electron chi connectivity index (χ2n) is 4.70. The molecule has 0 bridgehead atoms. The average Bonchev–Trinajstić information content (AvgIpc) is 2.57. The molecule has 1 rings (SSSR count). The third kappa shape index (κ3) is 3.91. The fourth-order valence-corrected chi connectivity index (χ4v) is 1.55. The van der Waals surface area contributed by atoms with E-state index in [0.29, 0.717) is 17.3 Å². The summed E-state index contributed by atoms with van der Waals surface area (Å²) in [4.78, 5) is 11.8. The van der Waals surface area contributed by atoms with Gasteiger partial charge in [-0.3, -0.25) is 0 Å². The number of hydrogen-bond acceptors (Lipinski definition) is 5. The number of esters is 1. The summed E-state index contributed by atoms with van der Waals surface area (Å²) in [6, 6.07) is 0. The van der Waals surface area contributed by atoms with Gasteiger partial charge < -0.3 is 18.6 Å². The molecule has 108 valence electrons. The lowest BCUT2D eigenvalue weighted by atomic mass is 10.3. The average molecular weight is 270 g/mol. The Bertz CT molecular complexity index is 431. The molecule has 0 radical (unpaired) electrons. The van der Waals surface area contributed by atoms with Crippen LogP contribution in [0.15, 0.2) is 4.42 Å². The van der Waals surface area contributed by atoms with Crippen LogP contribution in [0, 0.1) is 6.92 Å². The van der Waals surface area contributed by atoms with E-state index in [0.717, 1.165) is 0 Å². The zero-order valence-electron chi connectivity index (χ0n) is 12.4. The van der Waals surface area contributed by atoms with E-state index in [-0.39, 0.29) is 24.6 Å². The molecule has 0 saturated heterocycles. The van der Waals surface area contributed by atoms with Crippen molar-refractivity contribution in [3.05, 3.63) is 11.5 Å². The lowest BCUT2D eigenvalue weighted by molar-refractivity contribution is 0.0480. The van der Waals surface area contributed by atoms with Crippen molar-refractivity contribution in [3.8, 4) is 11.5 Å². The van der Waals surface area contributed by atoms with Gasteiger partial charge in [-0.05, 0) is 41.5 Å². The molecule has 0 atom stereocenters. The van der Waals surface area contributed by atoms with Gasteiger partial charge in [-0.1, -0.05) is 0 Å². The van der Waals surface area contributed by atoms with Crippen LogP contribution in [0.1, 0.15) is 50.9 Å². The number of hydrogen-bond donors (Lipinski definition) is 0. The highest BCUT2D eigenvalue weighted by Gasteiger charge is 2.28. The minimum absolute atomic E-state index is 0.0409. The molecule has 0 N–H and O–H groups in total. The zero-order valence-corrected chi connectivity index (χ0v) is 12.4. The van der Waals surface area contributed by atoms with Crippen LogP contribution in [0.25, 0.3) is 0 Å². The van der Waals surface area contributed by atoms with Gasteiger partial charge in [0.2, 0.25) is 11.5 Å². The number of carbonyl (C=O) groups is 1. The zero-order chi connectivity index (χ0) is 14.6. The molecule has 0 aliphatic rings. The molecule has 1 aromatic heterocycles. The third-order valence-electron chi connectivity index (χ3n) is 2.16. The van der Waals surface area contributed by atoms with Crippen LogP contribution in [0.4, 0.5) is 0 Å². The maximum Gasteiger partial charge on any atom is 0.378 e. The van der Waals surface area contributed by atoms with Gasteiger partial charge >= 0.3 is 5.97 Å². The fourth-order valence-electron chi connectivity index (χ4n) is 1.55. The molecular formula is C14H22O5. The first-order valence-electron chi connectivity index (χ1n) is 6.50. The molecule has 1 aromatic rings. The van der Waals surface area contributed by atoms with Crippen LogP contribution in [0.5, 0.6) is 11.5 Å². The molecule has 0 unspecified atom stereocenters. The van der Waals surface area contributed by atoms with Gasteiger partial charge in [-0.25, -0.2) is 4.79 Å². The molecule has 0 spiro atoms. The van der Waals surface area contributed by atoms with Crippen LogP contribution >= 0.6 is 0 Å². The van der Waals surface area contributed by atoms with Crippen LogP contribution in [0.2, 0.25) is 0 Å². The van der Waals surface area contributed by atoms with Crippen LogP contribution < -0.4 is 9.47 Å². The largest absolute Gasteiger partial charge is 0.484 e. The Kier molecular flexibility index (Phi) is 5.27. The molecule has 0 aliphatic heterocycles. The lowest BCUT2D eigenvalue weighted by Crippen LogP contribution is -2.13. The normalized spacial score (nSPS) is 10.9. The quantitative estimate of drug-likeness (QED) is 0.742. The highest BCUT2D eigenvalue weighted by Crippen LogP contribution is 2.39. The predicted molar refractivity (Wildman–Crippen MR) is 70.9 cm³/mol. The summed E-state index contributed by atoms with van der Waals surface area (Å²) in [7, 11) is 0. The number of furan rings is 1. The Labute approximate surface area is 113 Å². The number of aryl methyl sites for hydroxylation is 1. The number of carbonyl (C=O) groups excluding carboxylic acids is 1. The van der Waals surface area contributed by atoms with Crippen LogP contribution in [0.3, 0.4) is 0 Å².